The molecule has 164 valence electrons. The van der Waals surface area contributed by atoms with Crippen LogP contribution in [0, 0.1) is 6.92 Å². The van der Waals surface area contributed by atoms with Crippen molar-refractivity contribution in [2.75, 3.05) is 14.2 Å². The number of carbonyl (C=O) groups excluding carboxylic acids is 2. The third-order valence-corrected chi connectivity index (χ3v) is 4.61. The summed E-state index contributed by atoms with van der Waals surface area (Å²) < 4.78 is 16.0. The summed E-state index contributed by atoms with van der Waals surface area (Å²) in [6, 6.07) is 19.5. The van der Waals surface area contributed by atoms with Crippen LogP contribution in [0.1, 0.15) is 27.0 Å². The number of nitrogens with one attached hydrogen (secondary N) is 1. The van der Waals surface area contributed by atoms with Crippen LogP contribution < -0.4 is 19.6 Å². The summed E-state index contributed by atoms with van der Waals surface area (Å²) >= 11 is 0. The van der Waals surface area contributed by atoms with E-state index in [4.69, 9.17) is 14.2 Å². The fraction of sp³-hybridized carbons (Fsp3) is 0.160. The lowest BCUT2D eigenvalue weighted by Crippen LogP contribution is -2.19. The third kappa shape index (κ3) is 5.95. The Balaban J connectivity index is 1.63. The molecule has 3 rings (SSSR count). The van der Waals surface area contributed by atoms with Crippen molar-refractivity contribution in [2.24, 2.45) is 5.10 Å². The van der Waals surface area contributed by atoms with Crippen LogP contribution >= 0.6 is 0 Å². The summed E-state index contributed by atoms with van der Waals surface area (Å²) in [4.78, 5) is 24.6. The predicted molar refractivity (Wildman–Crippen MR) is 122 cm³/mol. The first-order valence-corrected chi connectivity index (χ1v) is 9.91. The van der Waals surface area contributed by atoms with Gasteiger partial charge in [0.2, 0.25) is 5.91 Å². The number of para-hydroxylation sites is 1. The lowest BCUT2D eigenvalue weighted by atomic mass is 10.1. The molecule has 0 aliphatic carbocycles. The summed E-state index contributed by atoms with van der Waals surface area (Å²) in [5.41, 5.74) is 5.52. The van der Waals surface area contributed by atoms with E-state index in [1.165, 1.54) is 20.4 Å². The Labute approximate surface area is 186 Å². The highest BCUT2D eigenvalue weighted by molar-refractivity contribution is 5.94. The van der Waals surface area contributed by atoms with Gasteiger partial charge in [-0.3, -0.25) is 4.79 Å². The fourth-order valence-electron chi connectivity index (χ4n) is 2.93. The number of esters is 1. The van der Waals surface area contributed by atoms with Gasteiger partial charge in [0.1, 0.15) is 11.3 Å². The number of hydrogen-bond donors (Lipinski definition) is 1. The van der Waals surface area contributed by atoms with Gasteiger partial charge in [-0.1, -0.05) is 42.0 Å². The van der Waals surface area contributed by atoms with Gasteiger partial charge in [-0.05, 0) is 48.4 Å². The minimum atomic E-state index is -0.564. The number of ether oxygens (including phenoxy) is 3. The van der Waals surface area contributed by atoms with Crippen molar-refractivity contribution < 1.29 is 23.8 Å². The third-order valence-electron chi connectivity index (χ3n) is 4.61. The van der Waals surface area contributed by atoms with E-state index in [0.717, 1.165) is 11.1 Å². The average molecular weight is 432 g/mol. The molecule has 0 bridgehead atoms. The molecule has 0 unspecified atom stereocenters. The SMILES string of the molecule is COc1cc(/C=N/NC(=O)Cc2ccc(C)cc2)ccc1OC(=O)c1ccccc1OC. The second kappa shape index (κ2) is 10.8. The molecule has 3 aromatic carbocycles. The smallest absolute Gasteiger partial charge is 0.347 e. The summed E-state index contributed by atoms with van der Waals surface area (Å²) in [7, 11) is 2.96. The zero-order chi connectivity index (χ0) is 22.9. The molecule has 0 aliphatic rings. The highest BCUT2D eigenvalue weighted by atomic mass is 16.6. The topological polar surface area (TPSA) is 86.2 Å². The zero-order valence-corrected chi connectivity index (χ0v) is 18.1. The molecule has 0 radical (unpaired) electrons. The maximum atomic E-state index is 12.5. The van der Waals surface area contributed by atoms with Crippen LogP contribution in [0.25, 0.3) is 0 Å². The van der Waals surface area contributed by atoms with Gasteiger partial charge in [-0.2, -0.15) is 5.10 Å². The molecule has 0 saturated carbocycles. The van der Waals surface area contributed by atoms with Gasteiger partial charge in [0.15, 0.2) is 11.5 Å². The van der Waals surface area contributed by atoms with Gasteiger partial charge in [0.05, 0.1) is 26.9 Å². The standard InChI is InChI=1S/C25H24N2O5/c1-17-8-10-18(11-9-17)15-24(28)27-26-16-19-12-13-22(23(14-19)31-3)32-25(29)20-6-4-5-7-21(20)30-2/h4-14,16H,15H2,1-3H3,(H,27,28)/b26-16+. The normalized spacial score (nSPS) is 10.6. The van der Waals surface area contributed by atoms with Crippen LogP contribution in [0.4, 0.5) is 0 Å². The van der Waals surface area contributed by atoms with Crippen LogP contribution in [0.15, 0.2) is 71.8 Å². The predicted octanol–water partition coefficient (Wildman–Crippen LogP) is 3.92. The van der Waals surface area contributed by atoms with E-state index in [1.807, 2.05) is 31.2 Å². The number of rotatable bonds is 8. The molecule has 1 amide bonds. The molecule has 0 aliphatic heterocycles. The van der Waals surface area contributed by atoms with Crippen LogP contribution in [0.3, 0.4) is 0 Å². The van der Waals surface area contributed by atoms with Gasteiger partial charge in [-0.25, -0.2) is 10.2 Å². The second-order valence-electron chi connectivity index (χ2n) is 6.96. The number of carbonyl (C=O) groups is 2. The Morgan fingerprint density at radius 3 is 2.34 bits per heavy atom. The summed E-state index contributed by atoms with van der Waals surface area (Å²) in [5, 5.41) is 3.99. The van der Waals surface area contributed by atoms with Gasteiger partial charge in [-0.15, -0.1) is 0 Å². The molecular weight excluding hydrogens is 408 g/mol. The highest BCUT2D eigenvalue weighted by Gasteiger charge is 2.16. The highest BCUT2D eigenvalue weighted by Crippen LogP contribution is 2.29. The minimum Gasteiger partial charge on any atom is -0.496 e. The number of hydrogen-bond acceptors (Lipinski definition) is 6. The Hall–Kier alpha value is -4.13. The van der Waals surface area contributed by atoms with E-state index in [1.54, 1.807) is 42.5 Å². The second-order valence-corrected chi connectivity index (χ2v) is 6.96. The molecule has 7 nitrogen and oxygen atoms in total. The van der Waals surface area contributed by atoms with E-state index in [2.05, 4.69) is 10.5 Å². The van der Waals surface area contributed by atoms with Crippen molar-refractivity contribution in [2.45, 2.75) is 13.3 Å². The van der Waals surface area contributed by atoms with E-state index in [-0.39, 0.29) is 18.1 Å². The maximum Gasteiger partial charge on any atom is 0.347 e. The molecule has 1 N–H and O–H groups in total. The molecule has 7 heteroatoms. The maximum absolute atomic E-state index is 12.5. The van der Waals surface area contributed by atoms with Crippen molar-refractivity contribution in [3.05, 3.63) is 89.0 Å². The van der Waals surface area contributed by atoms with E-state index < -0.39 is 5.97 Å². The van der Waals surface area contributed by atoms with Crippen LogP contribution in [-0.2, 0) is 11.2 Å². The number of aryl methyl sites for hydroxylation is 1. The van der Waals surface area contributed by atoms with Gasteiger partial charge in [0, 0.05) is 0 Å². The van der Waals surface area contributed by atoms with E-state index in [0.29, 0.717) is 22.6 Å². The fourth-order valence-corrected chi connectivity index (χ4v) is 2.93. The van der Waals surface area contributed by atoms with Crippen LogP contribution in [0.2, 0.25) is 0 Å². The largest absolute Gasteiger partial charge is 0.496 e. The minimum absolute atomic E-state index is 0.223. The molecule has 0 spiro atoms. The number of amides is 1. The number of nitrogens with zero attached hydrogens (tertiary/aromatic N) is 1. The molecular formula is C25H24N2O5. The van der Waals surface area contributed by atoms with Gasteiger partial charge in [0.25, 0.3) is 0 Å². The molecule has 0 fully saturated rings. The first kappa shape index (κ1) is 22.6. The molecule has 0 saturated heterocycles. The van der Waals surface area contributed by atoms with Crippen molar-refractivity contribution in [1.29, 1.82) is 0 Å². The first-order chi connectivity index (χ1) is 15.5. The summed E-state index contributed by atoms with van der Waals surface area (Å²) in [6.07, 6.45) is 1.72. The molecule has 0 aromatic heterocycles. The summed E-state index contributed by atoms with van der Waals surface area (Å²) in [6.45, 7) is 1.99. The van der Waals surface area contributed by atoms with E-state index >= 15 is 0 Å². The molecule has 0 heterocycles. The quantitative estimate of drug-likeness (QED) is 0.252. The lowest BCUT2D eigenvalue weighted by molar-refractivity contribution is -0.120. The van der Waals surface area contributed by atoms with Crippen molar-refractivity contribution in [1.82, 2.24) is 5.43 Å². The van der Waals surface area contributed by atoms with Gasteiger partial charge < -0.3 is 14.2 Å². The van der Waals surface area contributed by atoms with Crippen molar-refractivity contribution >= 4 is 18.1 Å². The average Bonchev–Trinajstić information content (AvgIpc) is 2.81. The van der Waals surface area contributed by atoms with Crippen molar-refractivity contribution in [3.63, 3.8) is 0 Å². The van der Waals surface area contributed by atoms with Crippen molar-refractivity contribution in [3.8, 4) is 17.2 Å². The van der Waals surface area contributed by atoms with Crippen LogP contribution in [0.5, 0.6) is 17.2 Å². The van der Waals surface area contributed by atoms with Crippen LogP contribution in [-0.4, -0.2) is 32.3 Å². The van der Waals surface area contributed by atoms with E-state index in [9.17, 15) is 9.59 Å². The molecule has 32 heavy (non-hydrogen) atoms. The Morgan fingerprint density at radius 2 is 1.62 bits per heavy atom. The number of hydrazone groups is 1. The summed E-state index contributed by atoms with van der Waals surface area (Å²) in [5.74, 6) is 0.235. The lowest BCUT2D eigenvalue weighted by Gasteiger charge is -2.11. The zero-order valence-electron chi connectivity index (χ0n) is 18.1. The number of benzene rings is 3. The number of methoxy groups -OCH3 is 2. The van der Waals surface area contributed by atoms with Gasteiger partial charge >= 0.3 is 5.97 Å². The monoisotopic (exact) mass is 432 g/mol. The molecule has 0 atom stereocenters. The first-order valence-electron chi connectivity index (χ1n) is 9.91. The Kier molecular flexibility index (Phi) is 7.59. The Bertz CT molecular complexity index is 1120. The Morgan fingerprint density at radius 1 is 0.906 bits per heavy atom. The molecule has 3 aromatic rings.